The summed E-state index contributed by atoms with van der Waals surface area (Å²) in [5, 5.41) is 12.3. The Bertz CT molecular complexity index is 4250. The Morgan fingerprint density at radius 1 is 0.167 bits per heavy atom. The molecule has 0 aromatic heterocycles. The van der Waals surface area contributed by atoms with Gasteiger partial charge < -0.3 is 0 Å². The maximum Gasteiger partial charge on any atom is -0.00201 e. The van der Waals surface area contributed by atoms with E-state index in [0.717, 1.165) is 0 Å². The van der Waals surface area contributed by atoms with E-state index in [1.165, 1.54) is 154 Å². The normalized spacial score (nSPS) is 11.6. The molecule has 0 saturated carbocycles. The highest BCUT2D eigenvalue weighted by atomic mass is 14.3. The predicted octanol–water partition coefficient (Wildman–Crippen LogP) is 20.4. The average Bonchev–Trinajstić information content (AvgIpc) is 3.41. The highest BCUT2D eigenvalue weighted by molar-refractivity contribution is 6.29. The van der Waals surface area contributed by atoms with Gasteiger partial charge in [-0.2, -0.15) is 0 Å². The lowest BCUT2D eigenvalue weighted by Gasteiger charge is -2.23. The Balaban J connectivity index is 1.23. The smallest absolute Gasteiger partial charge is 0.00201 e. The largest absolute Gasteiger partial charge is 0.0622 e. The molecule has 0 unspecified atom stereocenters. The molecule has 0 spiro atoms. The predicted molar refractivity (Wildman–Crippen MR) is 311 cm³/mol. The number of hydrogen-bond acceptors (Lipinski definition) is 0. The van der Waals surface area contributed by atoms with E-state index in [1.807, 2.05) is 0 Å². The summed E-state index contributed by atoms with van der Waals surface area (Å²) in [7, 11) is 0. The molecule has 0 saturated heterocycles. The van der Waals surface area contributed by atoms with Crippen molar-refractivity contribution >= 4 is 53.9 Å². The molecule has 340 valence electrons. The third-order valence-electron chi connectivity index (χ3n) is 14.9. The molecule has 13 aromatic rings. The lowest BCUT2D eigenvalue weighted by Crippen LogP contribution is -1.96. The zero-order valence-electron chi connectivity index (χ0n) is 41.1. The van der Waals surface area contributed by atoms with Gasteiger partial charge in [0.2, 0.25) is 0 Å². The summed E-state index contributed by atoms with van der Waals surface area (Å²) in [4.78, 5) is 0. The Morgan fingerprint density at radius 2 is 0.569 bits per heavy atom. The highest BCUT2D eigenvalue weighted by Gasteiger charge is 2.24. The molecule has 0 fully saturated rings. The number of benzene rings is 13. The minimum Gasteiger partial charge on any atom is -0.0622 e. The molecule has 0 atom stereocenters. The molecule has 0 radical (unpaired) electrons. The van der Waals surface area contributed by atoms with Crippen molar-refractivity contribution in [1.82, 2.24) is 0 Å². The molecule has 72 heavy (non-hydrogen) atoms. The Hall–Kier alpha value is -8.84. The van der Waals surface area contributed by atoms with Gasteiger partial charge in [0, 0.05) is 0 Å². The summed E-state index contributed by atoms with van der Waals surface area (Å²) in [5.41, 5.74) is 22.1. The summed E-state index contributed by atoms with van der Waals surface area (Å²) in [6.07, 6.45) is 0. The van der Waals surface area contributed by atoms with E-state index in [1.54, 1.807) is 0 Å². The first-order valence-corrected chi connectivity index (χ1v) is 25.2. The van der Waals surface area contributed by atoms with Gasteiger partial charge in [0.05, 0.1) is 0 Å². The third kappa shape index (κ3) is 7.56. The zero-order chi connectivity index (χ0) is 48.5. The van der Waals surface area contributed by atoms with Crippen LogP contribution in [0.25, 0.3) is 132 Å². The molecule has 0 aliphatic rings. The number of fused-ring (bicyclic) bond motifs is 6. The third-order valence-corrected chi connectivity index (χ3v) is 14.9. The number of hydrogen-bond donors (Lipinski definition) is 0. The first kappa shape index (κ1) is 43.2. The second-order valence-electron chi connectivity index (χ2n) is 20.0. The van der Waals surface area contributed by atoms with Crippen LogP contribution < -0.4 is 0 Å². The molecule has 0 aliphatic heterocycles. The summed E-state index contributed by atoms with van der Waals surface area (Å²) in [5.74, 6) is 0. The van der Waals surface area contributed by atoms with Gasteiger partial charge in [0.1, 0.15) is 0 Å². The van der Waals surface area contributed by atoms with Crippen LogP contribution in [-0.2, 0) is 0 Å². The molecule has 0 aliphatic carbocycles. The Kier molecular flexibility index (Phi) is 10.5. The molecule has 0 nitrogen and oxygen atoms in total. The van der Waals surface area contributed by atoms with Crippen molar-refractivity contribution < 1.29 is 0 Å². The van der Waals surface area contributed by atoms with Crippen LogP contribution in [0.15, 0.2) is 243 Å². The second-order valence-corrected chi connectivity index (χ2v) is 20.0. The fourth-order valence-corrected chi connectivity index (χ4v) is 11.9. The molecule has 0 bridgehead atoms. The fraction of sp³-hybridized carbons (Fsp3) is 0.0556. The van der Waals surface area contributed by atoms with E-state index >= 15 is 0 Å². The van der Waals surface area contributed by atoms with Crippen molar-refractivity contribution in [2.24, 2.45) is 0 Å². The van der Waals surface area contributed by atoms with Crippen LogP contribution in [0.4, 0.5) is 0 Å². The van der Waals surface area contributed by atoms with Gasteiger partial charge in [-0.15, -0.1) is 0 Å². The van der Waals surface area contributed by atoms with Crippen LogP contribution in [0, 0.1) is 27.7 Å². The summed E-state index contributed by atoms with van der Waals surface area (Å²) in [6, 6.07) is 91.4. The Labute approximate surface area is 422 Å². The van der Waals surface area contributed by atoms with Crippen molar-refractivity contribution in [2.45, 2.75) is 27.7 Å². The fourth-order valence-electron chi connectivity index (χ4n) is 11.9. The van der Waals surface area contributed by atoms with Crippen LogP contribution in [0.3, 0.4) is 0 Å². The molecular weight excluding hydrogens is 865 g/mol. The van der Waals surface area contributed by atoms with Gasteiger partial charge in [0.15, 0.2) is 0 Å². The van der Waals surface area contributed by atoms with Gasteiger partial charge in [-0.3, -0.25) is 0 Å². The zero-order valence-corrected chi connectivity index (χ0v) is 41.1. The first-order valence-electron chi connectivity index (χ1n) is 25.2. The standard InChI is InChI=1S/C72H52/c1-45-33-46(2)36-59(35-45)53-23-15-25-56(40-53)69-63-32-31-55(49-17-7-5-8-18-49)42-65(63)70(57-26-16-24-54(41-57)60-37-47(3)34-48(4)38-60)68-44-66-64(43-67(68)69)61-27-13-14-28-62(61)72(71(66)51-20-9-6-10-21-51)58-30-29-50-19-11-12-22-52(50)39-58/h5-44H,1-4H3. The van der Waals surface area contributed by atoms with Crippen LogP contribution in [0.1, 0.15) is 22.3 Å². The lowest BCUT2D eigenvalue weighted by molar-refractivity contribution is 1.38. The van der Waals surface area contributed by atoms with Crippen molar-refractivity contribution in [3.8, 4) is 77.9 Å². The summed E-state index contributed by atoms with van der Waals surface area (Å²) >= 11 is 0. The summed E-state index contributed by atoms with van der Waals surface area (Å²) in [6.45, 7) is 8.80. The quantitative estimate of drug-likeness (QED) is 0.110. The Morgan fingerprint density at radius 3 is 1.19 bits per heavy atom. The number of aryl methyl sites for hydroxylation is 4. The molecule has 0 N–H and O–H groups in total. The topological polar surface area (TPSA) is 0 Å². The lowest BCUT2D eigenvalue weighted by atomic mass is 9.80. The number of rotatable bonds is 7. The SMILES string of the molecule is Cc1cc(C)cc(-c2cccc(-c3c4cc(-c5ccccc5)ccc4c(-c4cccc(-c5cc(C)cc(C)c5)c4)c4cc5c(cc34)c(-c3ccccc3)c(-c3ccc4ccccc4c3)c3ccccc35)c2)c1. The van der Waals surface area contributed by atoms with E-state index in [-0.39, 0.29) is 0 Å². The average molecular weight is 917 g/mol. The van der Waals surface area contributed by atoms with E-state index in [0.29, 0.717) is 0 Å². The molecule has 0 heteroatoms. The monoisotopic (exact) mass is 916 g/mol. The minimum atomic E-state index is 1.19. The van der Waals surface area contributed by atoms with E-state index in [9.17, 15) is 0 Å². The molecule has 13 rings (SSSR count). The van der Waals surface area contributed by atoms with Crippen LogP contribution in [0.5, 0.6) is 0 Å². The van der Waals surface area contributed by atoms with Gasteiger partial charge in [-0.1, -0.05) is 229 Å². The maximum atomic E-state index is 2.56. The van der Waals surface area contributed by atoms with Gasteiger partial charge in [0.25, 0.3) is 0 Å². The van der Waals surface area contributed by atoms with E-state index in [4.69, 9.17) is 0 Å². The molecular formula is C72H52. The molecule has 0 heterocycles. The second kappa shape index (κ2) is 17.5. The van der Waals surface area contributed by atoms with Crippen molar-refractivity contribution in [1.29, 1.82) is 0 Å². The van der Waals surface area contributed by atoms with Gasteiger partial charge in [-0.05, 0) is 196 Å². The van der Waals surface area contributed by atoms with Crippen molar-refractivity contribution in [3.05, 3.63) is 265 Å². The van der Waals surface area contributed by atoms with Crippen LogP contribution in [-0.4, -0.2) is 0 Å². The maximum absolute atomic E-state index is 2.56. The van der Waals surface area contributed by atoms with E-state index < -0.39 is 0 Å². The first-order chi connectivity index (χ1) is 35.3. The van der Waals surface area contributed by atoms with Crippen LogP contribution >= 0.6 is 0 Å². The summed E-state index contributed by atoms with van der Waals surface area (Å²) < 4.78 is 0. The van der Waals surface area contributed by atoms with Crippen LogP contribution in [0.2, 0.25) is 0 Å². The minimum absolute atomic E-state index is 1.19. The molecule has 0 amide bonds. The highest BCUT2D eigenvalue weighted by Crippen LogP contribution is 2.51. The molecule has 13 aromatic carbocycles. The van der Waals surface area contributed by atoms with Gasteiger partial charge >= 0.3 is 0 Å². The van der Waals surface area contributed by atoms with E-state index in [2.05, 4.69) is 270 Å². The van der Waals surface area contributed by atoms with Crippen molar-refractivity contribution in [3.63, 3.8) is 0 Å². The van der Waals surface area contributed by atoms with Gasteiger partial charge in [-0.25, -0.2) is 0 Å². The van der Waals surface area contributed by atoms with Crippen molar-refractivity contribution in [2.75, 3.05) is 0 Å².